The average Bonchev–Trinajstić information content (AvgIpc) is 2.93. The fraction of sp³-hybridized carbons (Fsp3) is 0.515. The van der Waals surface area contributed by atoms with Crippen LogP contribution in [-0.2, 0) is 30.3 Å². The minimum Gasteiger partial charge on any atom is -0.508 e. The zero-order valence-electron chi connectivity index (χ0n) is 27.2. The Morgan fingerprint density at radius 1 is 0.889 bits per heavy atom. The molecule has 0 aromatic heterocycles. The van der Waals surface area contributed by atoms with Crippen molar-refractivity contribution in [1.82, 2.24) is 15.5 Å². The molecular weight excluding hydrogens is 598 g/mol. The number of alkyl carbamates (subject to hydrolysis) is 1. The lowest BCUT2D eigenvalue weighted by molar-refractivity contribution is -0.159. The Bertz CT molecular complexity index is 1280. The van der Waals surface area contributed by atoms with Gasteiger partial charge in [0.2, 0.25) is 11.8 Å². The largest absolute Gasteiger partial charge is 0.508 e. The molecule has 4 N–H and O–H groups in total. The first kappa shape index (κ1) is 37.4. The monoisotopic (exact) mass is 645 g/mol. The number of hydrogen-bond donors (Lipinski definition) is 4. The van der Waals surface area contributed by atoms with Crippen molar-refractivity contribution in [2.75, 3.05) is 25.2 Å². The summed E-state index contributed by atoms with van der Waals surface area (Å²) in [4.78, 5) is 55.5. The molecule has 0 heterocycles. The number of nitrogens with one attached hydrogen (secondary N) is 2. The second-order valence-electron chi connectivity index (χ2n) is 12.5. The highest BCUT2D eigenvalue weighted by atomic mass is 32.2. The minimum atomic E-state index is -1.39. The maximum absolute atomic E-state index is 14.2. The van der Waals surface area contributed by atoms with Crippen LogP contribution >= 0.6 is 11.8 Å². The van der Waals surface area contributed by atoms with Crippen molar-refractivity contribution in [1.29, 1.82) is 0 Å². The summed E-state index contributed by atoms with van der Waals surface area (Å²) in [6, 6.07) is 11.3. The first-order chi connectivity index (χ1) is 21.0. The van der Waals surface area contributed by atoms with Gasteiger partial charge in [0, 0.05) is 13.0 Å². The highest BCUT2D eigenvalue weighted by Crippen LogP contribution is 2.26. The van der Waals surface area contributed by atoms with Crippen LogP contribution in [0.15, 0.2) is 54.6 Å². The van der Waals surface area contributed by atoms with Crippen molar-refractivity contribution < 1.29 is 38.9 Å². The van der Waals surface area contributed by atoms with Gasteiger partial charge in [-0.2, -0.15) is 11.8 Å². The van der Waals surface area contributed by atoms with E-state index in [4.69, 9.17) is 9.47 Å². The molecule has 0 aliphatic rings. The maximum Gasteiger partial charge on any atom is 0.408 e. The Labute approximate surface area is 270 Å². The number of phenolic OH excluding ortho intramolecular Hbond substituents is 1. The quantitative estimate of drug-likeness (QED) is 0.224. The number of carbonyl (C=O) groups is 4. The van der Waals surface area contributed by atoms with Gasteiger partial charge in [0.1, 0.15) is 35.1 Å². The number of rotatable bonds is 14. The van der Waals surface area contributed by atoms with Gasteiger partial charge in [-0.25, -0.2) is 9.59 Å². The van der Waals surface area contributed by atoms with Crippen LogP contribution in [0.4, 0.5) is 4.79 Å². The number of hydrogen-bond acceptors (Lipinski definition) is 9. The van der Waals surface area contributed by atoms with Gasteiger partial charge in [0.25, 0.3) is 0 Å². The molecule has 2 rings (SSSR count). The van der Waals surface area contributed by atoms with Crippen LogP contribution in [0.2, 0.25) is 0 Å². The number of carbonyl (C=O) groups excluding carboxylic acids is 4. The molecule has 0 aliphatic heterocycles. The van der Waals surface area contributed by atoms with E-state index in [1.54, 1.807) is 47.6 Å². The molecule has 2 aromatic carbocycles. The van der Waals surface area contributed by atoms with Gasteiger partial charge in [0.15, 0.2) is 0 Å². The molecule has 0 radical (unpaired) electrons. The van der Waals surface area contributed by atoms with E-state index in [-0.39, 0.29) is 30.7 Å². The van der Waals surface area contributed by atoms with Crippen molar-refractivity contribution in [3.05, 3.63) is 65.7 Å². The van der Waals surface area contributed by atoms with Gasteiger partial charge < -0.3 is 35.2 Å². The van der Waals surface area contributed by atoms with Crippen LogP contribution in [0.1, 0.15) is 65.1 Å². The van der Waals surface area contributed by atoms with E-state index in [1.807, 2.05) is 36.6 Å². The fourth-order valence-electron chi connectivity index (χ4n) is 4.45. The molecule has 0 spiro atoms. The second-order valence-corrected chi connectivity index (χ2v) is 13.5. The summed E-state index contributed by atoms with van der Waals surface area (Å²) in [5.74, 6) is -1.71. The lowest BCUT2D eigenvalue weighted by Gasteiger charge is -2.35. The van der Waals surface area contributed by atoms with Crippen LogP contribution in [0, 0.1) is 0 Å². The summed E-state index contributed by atoms with van der Waals surface area (Å²) in [5.41, 5.74) is -0.651. The van der Waals surface area contributed by atoms with E-state index in [9.17, 15) is 29.4 Å². The summed E-state index contributed by atoms with van der Waals surface area (Å²) in [6.45, 7) is 9.46. The smallest absolute Gasteiger partial charge is 0.408 e. The number of aliphatic hydroxyl groups is 1. The molecule has 12 heteroatoms. The van der Waals surface area contributed by atoms with Gasteiger partial charge in [-0.15, -0.1) is 0 Å². The summed E-state index contributed by atoms with van der Waals surface area (Å²) in [7, 11) is 0. The number of nitrogens with zero attached hydrogens (tertiary/aromatic N) is 1. The highest BCUT2D eigenvalue weighted by molar-refractivity contribution is 7.98. The van der Waals surface area contributed by atoms with Crippen LogP contribution in [0.5, 0.6) is 5.75 Å². The molecule has 2 aromatic rings. The van der Waals surface area contributed by atoms with Crippen LogP contribution in [0.3, 0.4) is 0 Å². The number of amides is 3. The van der Waals surface area contributed by atoms with E-state index in [0.29, 0.717) is 5.75 Å². The van der Waals surface area contributed by atoms with Crippen molar-refractivity contribution in [2.45, 2.75) is 83.7 Å². The molecule has 0 aliphatic carbocycles. The third-order valence-corrected chi connectivity index (χ3v) is 6.90. The van der Waals surface area contributed by atoms with E-state index >= 15 is 0 Å². The first-order valence-corrected chi connectivity index (χ1v) is 16.2. The number of aromatic hydroxyl groups is 1. The summed E-state index contributed by atoms with van der Waals surface area (Å²) in [5, 5.41) is 25.7. The van der Waals surface area contributed by atoms with Gasteiger partial charge in [-0.1, -0.05) is 42.5 Å². The Kier molecular flexibility index (Phi) is 14.2. The lowest BCUT2D eigenvalue weighted by Crippen LogP contribution is -2.55. The second kappa shape index (κ2) is 17.1. The van der Waals surface area contributed by atoms with Crippen LogP contribution in [0.25, 0.3) is 0 Å². The number of thioether (sulfide) groups is 1. The third-order valence-electron chi connectivity index (χ3n) is 6.26. The predicted molar refractivity (Wildman–Crippen MR) is 174 cm³/mol. The molecule has 3 atom stereocenters. The first-order valence-electron chi connectivity index (χ1n) is 14.8. The molecule has 0 saturated heterocycles. The number of aliphatic hydroxyl groups excluding tert-OH is 1. The zero-order valence-corrected chi connectivity index (χ0v) is 28.0. The summed E-state index contributed by atoms with van der Waals surface area (Å²) >= 11 is 1.47. The van der Waals surface area contributed by atoms with Crippen LogP contribution in [-0.4, -0.2) is 87.4 Å². The van der Waals surface area contributed by atoms with Crippen LogP contribution < -0.4 is 10.6 Å². The van der Waals surface area contributed by atoms with E-state index in [2.05, 4.69) is 10.6 Å². The van der Waals surface area contributed by atoms with E-state index < -0.39 is 59.8 Å². The molecule has 248 valence electrons. The summed E-state index contributed by atoms with van der Waals surface area (Å²) in [6.07, 6.45) is 1.37. The standard InChI is InChI=1S/C33H47N3O8S/c1-32(2,3)43-30(41)26(20-22-12-9-8-10-13-22)34-28(39)27(23-14-11-15-24(38)21-23)36(17-18-37)29(40)25(16-19-45-7)35-31(42)44-33(4,5)6/h8-15,21,25-27,37-38H,16-20H2,1-7H3,(H,34,39)(H,35,42). The molecule has 3 unspecified atom stereocenters. The molecule has 0 bridgehead atoms. The highest BCUT2D eigenvalue weighted by Gasteiger charge is 2.38. The Morgan fingerprint density at radius 3 is 2.09 bits per heavy atom. The number of benzene rings is 2. The predicted octanol–water partition coefficient (Wildman–Crippen LogP) is 3.97. The SMILES string of the molecule is CSCCC(NC(=O)OC(C)(C)C)C(=O)N(CCO)C(C(=O)NC(Cc1ccccc1)C(=O)OC(C)(C)C)c1cccc(O)c1. The fourth-order valence-corrected chi connectivity index (χ4v) is 4.92. The average molecular weight is 646 g/mol. The Hall–Kier alpha value is -3.77. The molecule has 3 amide bonds. The van der Waals surface area contributed by atoms with Crippen molar-refractivity contribution >= 4 is 35.6 Å². The van der Waals surface area contributed by atoms with Gasteiger partial charge in [-0.05, 0) is 83.2 Å². The Balaban J connectivity index is 2.56. The molecule has 45 heavy (non-hydrogen) atoms. The normalized spacial score (nSPS) is 13.6. The third kappa shape index (κ3) is 13.0. The van der Waals surface area contributed by atoms with Gasteiger partial charge >= 0.3 is 12.1 Å². The van der Waals surface area contributed by atoms with Crippen molar-refractivity contribution in [3.63, 3.8) is 0 Å². The molecule has 0 saturated carbocycles. The minimum absolute atomic E-state index is 0.110. The number of phenols is 1. The molecular formula is C33H47N3O8S. The molecule has 0 fully saturated rings. The number of esters is 1. The van der Waals surface area contributed by atoms with Gasteiger partial charge in [0.05, 0.1) is 6.61 Å². The zero-order chi connectivity index (χ0) is 33.8. The van der Waals surface area contributed by atoms with Gasteiger partial charge in [-0.3, -0.25) is 9.59 Å². The summed E-state index contributed by atoms with van der Waals surface area (Å²) < 4.78 is 11.0. The maximum atomic E-state index is 14.2. The van der Waals surface area contributed by atoms with E-state index in [0.717, 1.165) is 10.5 Å². The van der Waals surface area contributed by atoms with E-state index in [1.165, 1.54) is 30.0 Å². The topological polar surface area (TPSA) is 154 Å². The van der Waals surface area contributed by atoms with Crippen molar-refractivity contribution in [3.8, 4) is 5.75 Å². The number of ether oxygens (including phenoxy) is 2. The Morgan fingerprint density at radius 2 is 1.53 bits per heavy atom. The molecule has 11 nitrogen and oxygen atoms in total. The lowest BCUT2D eigenvalue weighted by atomic mass is 10.00. The van der Waals surface area contributed by atoms with Crippen molar-refractivity contribution in [2.24, 2.45) is 0 Å².